The first-order valence-electron chi connectivity index (χ1n) is 8.51. The molecule has 0 aromatic carbocycles. The highest BCUT2D eigenvalue weighted by molar-refractivity contribution is 5.66. The first-order chi connectivity index (χ1) is 11.7. The van der Waals surface area contributed by atoms with Crippen LogP contribution >= 0.6 is 0 Å². The molecule has 0 aliphatic heterocycles. The molecule has 0 aliphatic carbocycles. The van der Waals surface area contributed by atoms with E-state index in [0.29, 0.717) is 12.8 Å². The first kappa shape index (κ1) is 22.1. The highest BCUT2D eigenvalue weighted by Gasteiger charge is 1.99. The van der Waals surface area contributed by atoms with Gasteiger partial charge >= 0.3 is 5.97 Å². The molecule has 24 heavy (non-hydrogen) atoms. The zero-order chi connectivity index (χ0) is 17.9. The van der Waals surface area contributed by atoms with Crippen LogP contribution in [0.2, 0.25) is 0 Å². The monoisotopic (exact) mass is 334 g/mol. The molecule has 0 unspecified atom stereocenters. The number of carboxylic acids is 1. The molecule has 0 aliphatic rings. The zero-order valence-corrected chi connectivity index (χ0v) is 14.5. The Hall–Kier alpha value is -1.91. The van der Waals surface area contributed by atoms with Gasteiger partial charge in [-0.1, -0.05) is 67.7 Å². The lowest BCUT2D eigenvalue weighted by Crippen LogP contribution is -2.04. The summed E-state index contributed by atoms with van der Waals surface area (Å²) in [5, 5.41) is 17.3. The summed E-state index contributed by atoms with van der Waals surface area (Å²) in [6.07, 6.45) is 24.7. The van der Waals surface area contributed by atoms with Gasteiger partial charge in [0.25, 0.3) is 0 Å². The summed E-state index contributed by atoms with van der Waals surface area (Å²) in [6.45, 7) is 2.06. The van der Waals surface area contributed by atoms with Crippen molar-refractivity contribution in [1.82, 2.24) is 0 Å². The van der Waals surface area contributed by atoms with Crippen molar-refractivity contribution < 1.29 is 20.0 Å². The lowest BCUT2D eigenvalue weighted by molar-refractivity contribution is -0.264. The molecule has 1 atom stereocenters. The van der Waals surface area contributed by atoms with Crippen LogP contribution in [0.4, 0.5) is 0 Å². The van der Waals surface area contributed by atoms with E-state index >= 15 is 0 Å². The average molecular weight is 334 g/mol. The molecule has 0 aromatic heterocycles. The van der Waals surface area contributed by atoms with E-state index in [1.165, 1.54) is 0 Å². The van der Waals surface area contributed by atoms with Crippen molar-refractivity contribution in [2.75, 3.05) is 0 Å². The molecular weight excluding hydrogens is 304 g/mol. The minimum atomic E-state index is -0.738. The van der Waals surface area contributed by atoms with Gasteiger partial charge in [-0.3, -0.25) is 10.1 Å². The molecular formula is C20H30O4. The molecule has 0 spiro atoms. The summed E-state index contributed by atoms with van der Waals surface area (Å²) in [5.41, 5.74) is 0. The summed E-state index contributed by atoms with van der Waals surface area (Å²) in [5.74, 6) is -0.738. The lowest BCUT2D eigenvalue weighted by atomic mass is 10.2. The second-order valence-corrected chi connectivity index (χ2v) is 5.27. The van der Waals surface area contributed by atoms with E-state index in [0.717, 1.165) is 25.7 Å². The fourth-order valence-corrected chi connectivity index (χ4v) is 1.83. The molecule has 0 amide bonds. The number of carbonyl (C=O) groups is 1. The van der Waals surface area contributed by atoms with Crippen molar-refractivity contribution in [2.45, 2.75) is 58.0 Å². The molecule has 134 valence electrons. The number of aliphatic carboxylic acids is 1. The van der Waals surface area contributed by atoms with Gasteiger partial charge in [0.2, 0.25) is 0 Å². The molecule has 0 heterocycles. The topological polar surface area (TPSA) is 66.8 Å². The van der Waals surface area contributed by atoms with Gasteiger partial charge in [-0.2, -0.15) is 0 Å². The smallest absolute Gasteiger partial charge is 0.303 e. The van der Waals surface area contributed by atoms with Gasteiger partial charge in [-0.25, -0.2) is 4.89 Å². The fourth-order valence-electron chi connectivity index (χ4n) is 1.83. The van der Waals surface area contributed by atoms with Crippen LogP contribution in [0.5, 0.6) is 0 Å². The number of allylic oxidation sites excluding steroid dienone is 8. The molecule has 0 radical (unpaired) electrons. The van der Waals surface area contributed by atoms with E-state index in [-0.39, 0.29) is 12.5 Å². The second-order valence-electron chi connectivity index (χ2n) is 5.27. The van der Waals surface area contributed by atoms with Crippen molar-refractivity contribution in [3.8, 4) is 0 Å². The summed E-state index contributed by atoms with van der Waals surface area (Å²) >= 11 is 0. The normalized spacial score (nSPS) is 14.1. The van der Waals surface area contributed by atoms with Gasteiger partial charge in [0.15, 0.2) is 0 Å². The van der Waals surface area contributed by atoms with Gasteiger partial charge in [-0.05, 0) is 38.5 Å². The molecule has 0 saturated carbocycles. The molecule has 0 bridgehead atoms. The highest BCUT2D eigenvalue weighted by Crippen LogP contribution is 2.02. The minimum Gasteiger partial charge on any atom is -0.481 e. The van der Waals surface area contributed by atoms with E-state index in [1.54, 1.807) is 0 Å². The van der Waals surface area contributed by atoms with Crippen LogP contribution in [-0.4, -0.2) is 22.4 Å². The Bertz CT molecular complexity index is 445. The predicted molar refractivity (Wildman–Crippen MR) is 98.8 cm³/mol. The van der Waals surface area contributed by atoms with Crippen LogP contribution in [-0.2, 0) is 9.68 Å². The maximum atomic E-state index is 10.3. The molecule has 0 rings (SSSR count). The van der Waals surface area contributed by atoms with Crippen LogP contribution in [0.3, 0.4) is 0 Å². The molecule has 0 saturated heterocycles. The summed E-state index contributed by atoms with van der Waals surface area (Å²) < 4.78 is 0. The third kappa shape index (κ3) is 16.5. The Morgan fingerprint density at radius 3 is 2.38 bits per heavy atom. The van der Waals surface area contributed by atoms with Crippen molar-refractivity contribution in [3.05, 3.63) is 60.8 Å². The van der Waals surface area contributed by atoms with Crippen LogP contribution in [0.1, 0.15) is 51.9 Å². The second kappa shape index (κ2) is 17.4. The van der Waals surface area contributed by atoms with E-state index in [1.807, 2.05) is 42.5 Å². The molecule has 4 heteroatoms. The van der Waals surface area contributed by atoms with Crippen LogP contribution < -0.4 is 0 Å². The van der Waals surface area contributed by atoms with Gasteiger partial charge in [0.1, 0.15) is 6.10 Å². The number of hydrogen-bond acceptors (Lipinski definition) is 3. The molecule has 2 N–H and O–H groups in total. The lowest BCUT2D eigenvalue weighted by Gasteiger charge is -2.03. The Balaban J connectivity index is 3.75. The number of hydrogen-bond donors (Lipinski definition) is 2. The molecule has 0 fully saturated rings. The first-order valence-corrected chi connectivity index (χ1v) is 8.51. The van der Waals surface area contributed by atoms with Crippen molar-refractivity contribution in [2.24, 2.45) is 0 Å². The van der Waals surface area contributed by atoms with Crippen molar-refractivity contribution >= 4 is 5.97 Å². The van der Waals surface area contributed by atoms with Gasteiger partial charge in [0, 0.05) is 6.42 Å². The highest BCUT2D eigenvalue weighted by atomic mass is 17.1. The number of rotatable bonds is 14. The largest absolute Gasteiger partial charge is 0.481 e. The van der Waals surface area contributed by atoms with Crippen molar-refractivity contribution in [3.63, 3.8) is 0 Å². The predicted octanol–water partition coefficient (Wildman–Crippen LogP) is 5.46. The van der Waals surface area contributed by atoms with Crippen LogP contribution in [0, 0.1) is 0 Å². The summed E-state index contributed by atoms with van der Waals surface area (Å²) in [4.78, 5) is 14.7. The summed E-state index contributed by atoms with van der Waals surface area (Å²) in [6, 6.07) is 0. The Labute approximate surface area is 145 Å². The Kier molecular flexibility index (Phi) is 16.1. The molecule has 0 aromatic rings. The Morgan fingerprint density at radius 1 is 1.00 bits per heavy atom. The third-order valence-corrected chi connectivity index (χ3v) is 3.12. The van der Waals surface area contributed by atoms with Gasteiger partial charge in [-0.15, -0.1) is 0 Å². The van der Waals surface area contributed by atoms with E-state index in [4.69, 9.17) is 10.4 Å². The summed E-state index contributed by atoms with van der Waals surface area (Å²) in [7, 11) is 0. The van der Waals surface area contributed by atoms with Crippen molar-refractivity contribution in [1.29, 1.82) is 0 Å². The maximum absolute atomic E-state index is 10.3. The van der Waals surface area contributed by atoms with E-state index < -0.39 is 5.97 Å². The standard InChI is InChI=1S/C20H30O4/c1-2-3-13-16-19(24-23)17-14-11-9-7-5-4-6-8-10-12-15-18-20(21)22/h3-5,8-11,13-14,17,19,23H,2,6-7,12,15-16,18H2,1H3,(H,21,22)/b5-4+,10-8-,11-9+,13-3+,17-14+/t19-/m0/s1. The van der Waals surface area contributed by atoms with Crippen LogP contribution in [0.15, 0.2) is 60.8 Å². The zero-order valence-electron chi connectivity index (χ0n) is 14.5. The average Bonchev–Trinajstić information content (AvgIpc) is 2.57. The van der Waals surface area contributed by atoms with E-state index in [9.17, 15) is 4.79 Å². The SMILES string of the molecule is CC/C=C/C[C@@H](/C=C/C=C/C/C=C/C/C=C\CCCC(=O)O)OO. The quantitative estimate of drug-likeness (QED) is 0.145. The Morgan fingerprint density at radius 2 is 1.71 bits per heavy atom. The van der Waals surface area contributed by atoms with E-state index in [2.05, 4.69) is 30.0 Å². The third-order valence-electron chi connectivity index (χ3n) is 3.12. The fraction of sp³-hybridized carbons (Fsp3) is 0.450. The maximum Gasteiger partial charge on any atom is 0.303 e. The van der Waals surface area contributed by atoms with Crippen LogP contribution in [0.25, 0.3) is 0 Å². The van der Waals surface area contributed by atoms with Gasteiger partial charge in [0.05, 0.1) is 0 Å². The number of unbranched alkanes of at least 4 members (excludes halogenated alkanes) is 1. The number of carboxylic acid groups (broad SMARTS) is 1. The van der Waals surface area contributed by atoms with Gasteiger partial charge < -0.3 is 5.11 Å². The minimum absolute atomic E-state index is 0.232. The molecule has 4 nitrogen and oxygen atoms in total.